The highest BCUT2D eigenvalue weighted by Gasteiger charge is 2.17. The van der Waals surface area contributed by atoms with Crippen molar-refractivity contribution in [2.45, 2.75) is 24.3 Å². The van der Waals surface area contributed by atoms with Crippen LogP contribution in [0.2, 0.25) is 0 Å². The van der Waals surface area contributed by atoms with E-state index in [2.05, 4.69) is 9.71 Å². The van der Waals surface area contributed by atoms with E-state index in [1.165, 1.54) is 30.5 Å². The van der Waals surface area contributed by atoms with E-state index in [1.54, 1.807) is 13.0 Å². The van der Waals surface area contributed by atoms with E-state index in [-0.39, 0.29) is 10.6 Å². The molecule has 2 rings (SSSR count). The molecule has 0 amide bonds. The molecular formula is C14H15FN2O3S. The van der Waals surface area contributed by atoms with Gasteiger partial charge in [-0.2, -0.15) is 0 Å². The Morgan fingerprint density at radius 1 is 1.38 bits per heavy atom. The van der Waals surface area contributed by atoms with Gasteiger partial charge in [0.2, 0.25) is 0 Å². The van der Waals surface area contributed by atoms with Crippen molar-refractivity contribution in [3.63, 3.8) is 0 Å². The molecule has 0 bridgehead atoms. The molecule has 0 radical (unpaired) electrons. The lowest BCUT2D eigenvalue weighted by Crippen LogP contribution is -2.14. The summed E-state index contributed by atoms with van der Waals surface area (Å²) in [6, 6.07) is 7.16. The van der Waals surface area contributed by atoms with Gasteiger partial charge in [-0.1, -0.05) is 19.1 Å². The van der Waals surface area contributed by atoms with Gasteiger partial charge in [0.1, 0.15) is 0 Å². The Morgan fingerprint density at radius 3 is 2.81 bits per heavy atom. The highest BCUT2D eigenvalue weighted by atomic mass is 32.2. The number of rotatable bonds is 5. The molecule has 0 aliphatic carbocycles. The van der Waals surface area contributed by atoms with Gasteiger partial charge in [0.05, 0.1) is 22.9 Å². The van der Waals surface area contributed by atoms with Gasteiger partial charge in [-0.3, -0.25) is 9.71 Å². The molecule has 112 valence electrons. The van der Waals surface area contributed by atoms with Gasteiger partial charge in [0, 0.05) is 6.20 Å². The standard InChI is InChI=1S/C14H15FN2O3S/c1-2-14(18)10-4-3-5-11(8-10)21(19,20)17-13-6-7-16-9-12(13)15/h3-9,14,18H,2H2,1H3,(H,16,17). The monoisotopic (exact) mass is 310 g/mol. The Kier molecular flexibility index (Phi) is 4.54. The molecule has 1 aromatic heterocycles. The third-order valence-corrected chi connectivity index (χ3v) is 4.32. The van der Waals surface area contributed by atoms with E-state index < -0.39 is 21.9 Å². The third-order valence-electron chi connectivity index (χ3n) is 2.96. The molecule has 5 nitrogen and oxygen atoms in total. The molecule has 0 saturated carbocycles. The van der Waals surface area contributed by atoms with Crippen molar-refractivity contribution < 1.29 is 17.9 Å². The van der Waals surface area contributed by atoms with Crippen LogP contribution in [-0.4, -0.2) is 18.5 Å². The van der Waals surface area contributed by atoms with Crippen molar-refractivity contribution in [3.05, 3.63) is 54.1 Å². The normalized spacial score (nSPS) is 12.9. The summed E-state index contributed by atoms with van der Waals surface area (Å²) in [7, 11) is -3.93. The molecule has 21 heavy (non-hydrogen) atoms. The van der Waals surface area contributed by atoms with Crippen molar-refractivity contribution in [3.8, 4) is 0 Å². The topological polar surface area (TPSA) is 79.3 Å². The molecule has 7 heteroatoms. The maximum absolute atomic E-state index is 13.5. The molecule has 2 N–H and O–H groups in total. The zero-order valence-corrected chi connectivity index (χ0v) is 12.1. The SMILES string of the molecule is CCC(O)c1cccc(S(=O)(=O)Nc2ccncc2F)c1. The van der Waals surface area contributed by atoms with E-state index in [0.717, 1.165) is 6.20 Å². The Morgan fingerprint density at radius 2 is 2.14 bits per heavy atom. The first-order valence-corrected chi connectivity index (χ1v) is 7.82. The van der Waals surface area contributed by atoms with E-state index in [1.807, 2.05) is 0 Å². The molecule has 1 heterocycles. The van der Waals surface area contributed by atoms with Crippen LogP contribution >= 0.6 is 0 Å². The second-order valence-corrected chi connectivity index (χ2v) is 6.14. The minimum Gasteiger partial charge on any atom is -0.388 e. The van der Waals surface area contributed by atoms with Gasteiger partial charge >= 0.3 is 0 Å². The number of hydrogen-bond acceptors (Lipinski definition) is 4. The van der Waals surface area contributed by atoms with Crippen molar-refractivity contribution >= 4 is 15.7 Å². The second kappa shape index (κ2) is 6.19. The highest BCUT2D eigenvalue weighted by Crippen LogP contribution is 2.22. The molecule has 1 atom stereocenters. The maximum atomic E-state index is 13.5. The summed E-state index contributed by atoms with van der Waals surface area (Å²) < 4.78 is 40.1. The maximum Gasteiger partial charge on any atom is 0.261 e. The zero-order valence-electron chi connectivity index (χ0n) is 11.3. The molecule has 1 unspecified atom stereocenters. The third kappa shape index (κ3) is 3.56. The second-order valence-electron chi connectivity index (χ2n) is 4.46. The number of anilines is 1. The largest absolute Gasteiger partial charge is 0.388 e. The smallest absolute Gasteiger partial charge is 0.261 e. The number of aliphatic hydroxyl groups is 1. The average Bonchev–Trinajstić information content (AvgIpc) is 2.49. The number of sulfonamides is 1. The predicted octanol–water partition coefficient (Wildman–Crippen LogP) is 2.46. The number of hydrogen-bond donors (Lipinski definition) is 2. The number of halogens is 1. The minimum atomic E-state index is -3.93. The summed E-state index contributed by atoms with van der Waals surface area (Å²) >= 11 is 0. The average molecular weight is 310 g/mol. The molecule has 0 spiro atoms. The van der Waals surface area contributed by atoms with Gasteiger partial charge in [-0.25, -0.2) is 12.8 Å². The first-order valence-electron chi connectivity index (χ1n) is 6.34. The van der Waals surface area contributed by atoms with Crippen LogP contribution in [-0.2, 0) is 10.0 Å². The van der Waals surface area contributed by atoms with Gasteiger partial charge in [-0.05, 0) is 30.2 Å². The van der Waals surface area contributed by atoms with Crippen molar-refractivity contribution in [1.82, 2.24) is 4.98 Å². The number of benzene rings is 1. The van der Waals surface area contributed by atoms with Gasteiger partial charge < -0.3 is 5.11 Å². The summed E-state index contributed by atoms with van der Waals surface area (Å²) in [5.41, 5.74) is 0.321. The quantitative estimate of drug-likeness (QED) is 0.889. The van der Waals surface area contributed by atoms with Crippen LogP contribution in [0, 0.1) is 5.82 Å². The first kappa shape index (κ1) is 15.4. The Labute approximate surface area is 122 Å². The zero-order chi connectivity index (χ0) is 15.5. The van der Waals surface area contributed by atoms with E-state index >= 15 is 0 Å². The van der Waals surface area contributed by atoms with Gasteiger partial charge in [0.25, 0.3) is 10.0 Å². The number of aromatic nitrogens is 1. The predicted molar refractivity (Wildman–Crippen MR) is 76.7 cm³/mol. The summed E-state index contributed by atoms with van der Waals surface area (Å²) in [6.45, 7) is 1.79. The Bertz CT molecular complexity index is 735. The van der Waals surface area contributed by atoms with Gasteiger partial charge in [-0.15, -0.1) is 0 Å². The van der Waals surface area contributed by atoms with Crippen LogP contribution in [0.1, 0.15) is 25.0 Å². The van der Waals surface area contributed by atoms with Crippen molar-refractivity contribution in [1.29, 1.82) is 0 Å². The van der Waals surface area contributed by atoms with Crippen molar-refractivity contribution in [2.24, 2.45) is 0 Å². The lowest BCUT2D eigenvalue weighted by Gasteiger charge is -2.12. The fourth-order valence-corrected chi connectivity index (χ4v) is 2.91. The molecule has 0 saturated heterocycles. The highest BCUT2D eigenvalue weighted by molar-refractivity contribution is 7.92. The number of nitrogens with one attached hydrogen (secondary N) is 1. The van der Waals surface area contributed by atoms with Crippen LogP contribution in [0.15, 0.2) is 47.6 Å². The van der Waals surface area contributed by atoms with E-state index in [4.69, 9.17) is 0 Å². The summed E-state index contributed by atoms with van der Waals surface area (Å²) in [5, 5.41) is 9.77. The number of nitrogens with zero attached hydrogens (tertiary/aromatic N) is 1. The molecule has 2 aromatic rings. The van der Waals surface area contributed by atoms with Crippen LogP contribution in [0.3, 0.4) is 0 Å². The van der Waals surface area contributed by atoms with Crippen molar-refractivity contribution in [2.75, 3.05) is 4.72 Å². The number of pyridine rings is 1. The Balaban J connectivity index is 2.34. The Hall–Kier alpha value is -1.99. The summed E-state index contributed by atoms with van der Waals surface area (Å²) in [5.74, 6) is -0.758. The van der Waals surface area contributed by atoms with Crippen LogP contribution in [0.25, 0.3) is 0 Å². The lowest BCUT2D eigenvalue weighted by molar-refractivity contribution is 0.173. The van der Waals surface area contributed by atoms with Gasteiger partial charge in [0.15, 0.2) is 5.82 Å². The molecule has 0 aliphatic heterocycles. The molecule has 0 fully saturated rings. The minimum absolute atomic E-state index is 0.0382. The lowest BCUT2D eigenvalue weighted by atomic mass is 10.1. The van der Waals surface area contributed by atoms with Crippen LogP contribution in [0.5, 0.6) is 0 Å². The number of aliphatic hydroxyl groups excluding tert-OH is 1. The van der Waals surface area contributed by atoms with Crippen LogP contribution in [0.4, 0.5) is 10.1 Å². The molecule has 0 aliphatic rings. The fourth-order valence-electron chi connectivity index (χ4n) is 1.79. The molecule has 1 aromatic carbocycles. The van der Waals surface area contributed by atoms with E-state index in [0.29, 0.717) is 12.0 Å². The van der Waals surface area contributed by atoms with Crippen LogP contribution < -0.4 is 4.72 Å². The van der Waals surface area contributed by atoms with E-state index in [9.17, 15) is 17.9 Å². The molecular weight excluding hydrogens is 295 g/mol. The fraction of sp³-hybridized carbons (Fsp3) is 0.214. The summed E-state index contributed by atoms with van der Waals surface area (Å²) in [6.07, 6.45) is 1.95. The first-order chi connectivity index (χ1) is 9.94. The summed E-state index contributed by atoms with van der Waals surface area (Å²) in [4.78, 5) is 3.51.